The van der Waals surface area contributed by atoms with E-state index < -0.39 is 0 Å². The fourth-order valence-corrected chi connectivity index (χ4v) is 3.04. The highest BCUT2D eigenvalue weighted by Crippen LogP contribution is 2.23. The Morgan fingerprint density at radius 2 is 2.42 bits per heavy atom. The molecule has 1 aromatic rings. The van der Waals surface area contributed by atoms with Gasteiger partial charge in [0, 0.05) is 25.0 Å². The topological polar surface area (TPSA) is 37.4 Å². The number of nitrogens with zero attached hydrogens (tertiary/aromatic N) is 2. The van der Waals surface area contributed by atoms with Crippen molar-refractivity contribution in [2.24, 2.45) is 0 Å². The average molecular weight is 283 g/mol. The van der Waals surface area contributed by atoms with E-state index in [-0.39, 0.29) is 0 Å². The first kappa shape index (κ1) is 14.8. The Hall–Kier alpha value is -0.650. The first-order chi connectivity index (χ1) is 9.33. The lowest BCUT2D eigenvalue weighted by molar-refractivity contribution is 0.0384. The second-order valence-corrected chi connectivity index (χ2v) is 5.84. The van der Waals surface area contributed by atoms with Crippen molar-refractivity contribution in [1.29, 1.82) is 0 Å². The molecule has 2 rings (SSSR count). The van der Waals surface area contributed by atoms with Crippen LogP contribution in [0.25, 0.3) is 0 Å². The van der Waals surface area contributed by atoms with E-state index in [1.54, 1.807) is 11.3 Å². The largest absolute Gasteiger partial charge is 0.375 e. The van der Waals surface area contributed by atoms with Crippen LogP contribution in [0.15, 0.2) is 5.38 Å². The minimum atomic E-state index is 0.365. The molecule has 1 atom stereocenters. The molecule has 1 unspecified atom stereocenters. The highest BCUT2D eigenvalue weighted by Gasteiger charge is 2.21. The standard InChI is InChI=1S/C14H25N3OS/c1-3-5-6-15-9-12-11-19-14(16-12)17-7-8-18-13(4-2)10-17/h11,13,15H,3-10H2,1-2H3. The zero-order valence-corrected chi connectivity index (χ0v) is 12.8. The molecule has 1 N–H and O–H groups in total. The predicted molar refractivity (Wildman–Crippen MR) is 81.0 cm³/mol. The third kappa shape index (κ3) is 4.44. The van der Waals surface area contributed by atoms with Gasteiger partial charge in [-0.15, -0.1) is 11.3 Å². The molecule has 1 aliphatic heterocycles. The SMILES string of the molecule is CCCCNCc1csc(N2CCOC(CC)C2)n1. The molecule has 108 valence electrons. The smallest absolute Gasteiger partial charge is 0.185 e. The van der Waals surface area contributed by atoms with Crippen molar-refractivity contribution in [3.8, 4) is 0 Å². The summed E-state index contributed by atoms with van der Waals surface area (Å²) >= 11 is 1.75. The third-order valence-corrected chi connectivity index (χ3v) is 4.37. The van der Waals surface area contributed by atoms with Gasteiger partial charge in [-0.3, -0.25) is 0 Å². The summed E-state index contributed by atoms with van der Waals surface area (Å²) in [5.41, 5.74) is 1.16. The monoisotopic (exact) mass is 283 g/mol. The first-order valence-corrected chi connectivity index (χ1v) is 8.23. The van der Waals surface area contributed by atoms with Crippen molar-refractivity contribution < 1.29 is 4.74 Å². The van der Waals surface area contributed by atoms with E-state index in [4.69, 9.17) is 9.72 Å². The number of anilines is 1. The molecule has 1 saturated heterocycles. The molecule has 0 bridgehead atoms. The maximum atomic E-state index is 5.70. The molecular weight excluding hydrogens is 258 g/mol. The van der Waals surface area contributed by atoms with Crippen LogP contribution in [-0.4, -0.2) is 37.3 Å². The number of rotatable bonds is 7. The number of thiazole rings is 1. The number of unbranched alkanes of at least 4 members (excludes halogenated alkanes) is 1. The van der Waals surface area contributed by atoms with E-state index >= 15 is 0 Å². The summed E-state index contributed by atoms with van der Waals surface area (Å²) in [5.74, 6) is 0. The summed E-state index contributed by atoms with van der Waals surface area (Å²) < 4.78 is 5.70. The lowest BCUT2D eigenvalue weighted by Gasteiger charge is -2.32. The zero-order valence-electron chi connectivity index (χ0n) is 12.0. The van der Waals surface area contributed by atoms with Gasteiger partial charge in [-0.2, -0.15) is 0 Å². The summed E-state index contributed by atoms with van der Waals surface area (Å²) in [6.45, 7) is 9.13. The lowest BCUT2D eigenvalue weighted by Crippen LogP contribution is -2.42. The van der Waals surface area contributed by atoms with Gasteiger partial charge in [0.2, 0.25) is 0 Å². The number of aromatic nitrogens is 1. The Kier molecular flexibility index (Phi) is 6.07. The summed E-state index contributed by atoms with van der Waals surface area (Å²) in [6.07, 6.45) is 3.91. The number of hydrogen-bond acceptors (Lipinski definition) is 5. The summed E-state index contributed by atoms with van der Waals surface area (Å²) in [7, 11) is 0. The minimum Gasteiger partial charge on any atom is -0.375 e. The maximum absolute atomic E-state index is 5.70. The molecule has 0 amide bonds. The van der Waals surface area contributed by atoms with Gasteiger partial charge in [-0.05, 0) is 19.4 Å². The molecule has 1 fully saturated rings. The fourth-order valence-electron chi connectivity index (χ4n) is 2.18. The van der Waals surface area contributed by atoms with E-state index in [2.05, 4.69) is 29.4 Å². The van der Waals surface area contributed by atoms with Gasteiger partial charge in [0.15, 0.2) is 5.13 Å². The number of morpholine rings is 1. The predicted octanol–water partition coefficient (Wildman–Crippen LogP) is 2.65. The van der Waals surface area contributed by atoms with E-state index in [0.717, 1.165) is 50.0 Å². The molecule has 19 heavy (non-hydrogen) atoms. The third-order valence-electron chi connectivity index (χ3n) is 3.42. The Bertz CT molecular complexity index is 369. The molecule has 0 spiro atoms. The molecule has 1 aliphatic rings. The molecule has 5 heteroatoms. The number of nitrogens with one attached hydrogen (secondary N) is 1. The number of ether oxygens (including phenoxy) is 1. The van der Waals surface area contributed by atoms with E-state index in [1.165, 1.54) is 12.8 Å². The molecule has 0 saturated carbocycles. The van der Waals surface area contributed by atoms with Crippen molar-refractivity contribution in [1.82, 2.24) is 10.3 Å². The van der Waals surface area contributed by atoms with Gasteiger partial charge in [0.05, 0.1) is 18.4 Å². The fraction of sp³-hybridized carbons (Fsp3) is 0.786. The minimum absolute atomic E-state index is 0.365. The Balaban J connectivity index is 1.82. The van der Waals surface area contributed by atoms with Crippen LogP contribution in [0.1, 0.15) is 38.8 Å². The van der Waals surface area contributed by atoms with Gasteiger partial charge in [0.1, 0.15) is 0 Å². The lowest BCUT2D eigenvalue weighted by atomic mass is 10.2. The van der Waals surface area contributed by atoms with Crippen LogP contribution in [0.4, 0.5) is 5.13 Å². The van der Waals surface area contributed by atoms with Gasteiger partial charge in [-0.25, -0.2) is 4.98 Å². The Morgan fingerprint density at radius 3 is 3.21 bits per heavy atom. The Morgan fingerprint density at radius 1 is 1.53 bits per heavy atom. The normalized spacial score (nSPS) is 19.9. The van der Waals surface area contributed by atoms with Gasteiger partial charge >= 0.3 is 0 Å². The molecule has 2 heterocycles. The van der Waals surface area contributed by atoms with Crippen molar-refractivity contribution in [3.63, 3.8) is 0 Å². The molecule has 1 aromatic heterocycles. The van der Waals surface area contributed by atoms with Gasteiger partial charge in [0.25, 0.3) is 0 Å². The van der Waals surface area contributed by atoms with E-state index in [9.17, 15) is 0 Å². The molecular formula is C14H25N3OS. The van der Waals surface area contributed by atoms with Crippen LogP contribution < -0.4 is 10.2 Å². The van der Waals surface area contributed by atoms with Crippen LogP contribution >= 0.6 is 11.3 Å². The first-order valence-electron chi connectivity index (χ1n) is 7.35. The zero-order chi connectivity index (χ0) is 13.5. The van der Waals surface area contributed by atoms with E-state index in [1.807, 2.05) is 0 Å². The van der Waals surface area contributed by atoms with Crippen LogP contribution in [0.3, 0.4) is 0 Å². The molecule has 0 radical (unpaired) electrons. The van der Waals surface area contributed by atoms with E-state index in [0.29, 0.717) is 6.10 Å². The summed E-state index contributed by atoms with van der Waals surface area (Å²) in [4.78, 5) is 7.09. The second kappa shape index (κ2) is 7.82. The molecule has 0 aromatic carbocycles. The summed E-state index contributed by atoms with van der Waals surface area (Å²) in [5, 5.41) is 6.76. The molecule has 4 nitrogen and oxygen atoms in total. The van der Waals surface area contributed by atoms with Crippen molar-refractivity contribution in [2.75, 3.05) is 31.1 Å². The highest BCUT2D eigenvalue weighted by atomic mass is 32.1. The molecule has 0 aliphatic carbocycles. The van der Waals surface area contributed by atoms with Gasteiger partial charge < -0.3 is 15.0 Å². The maximum Gasteiger partial charge on any atom is 0.185 e. The van der Waals surface area contributed by atoms with Crippen LogP contribution in [-0.2, 0) is 11.3 Å². The average Bonchev–Trinajstić information content (AvgIpc) is 2.92. The second-order valence-electron chi connectivity index (χ2n) is 5.00. The summed E-state index contributed by atoms with van der Waals surface area (Å²) in [6, 6.07) is 0. The van der Waals surface area contributed by atoms with Crippen molar-refractivity contribution >= 4 is 16.5 Å². The van der Waals surface area contributed by atoms with Crippen LogP contribution in [0.5, 0.6) is 0 Å². The Labute approximate surface area is 120 Å². The number of hydrogen-bond donors (Lipinski definition) is 1. The quantitative estimate of drug-likeness (QED) is 0.781. The van der Waals surface area contributed by atoms with Crippen molar-refractivity contribution in [3.05, 3.63) is 11.1 Å². The van der Waals surface area contributed by atoms with Crippen molar-refractivity contribution in [2.45, 2.75) is 45.8 Å². The van der Waals surface area contributed by atoms with Gasteiger partial charge in [-0.1, -0.05) is 20.3 Å². The van der Waals surface area contributed by atoms with Crippen LogP contribution in [0.2, 0.25) is 0 Å². The highest BCUT2D eigenvalue weighted by molar-refractivity contribution is 7.13. The van der Waals surface area contributed by atoms with Crippen LogP contribution in [0, 0.1) is 0 Å².